The van der Waals surface area contributed by atoms with Gasteiger partial charge in [0.25, 0.3) is 5.91 Å². The standard InChI is InChI=1S/C24H26N2O4/c1-30-21-11-9-20(10-12-21)25-23(28)15-5-7-19(8-6-15)26-24(29)18-13-16-3-2-4-17(14-18)22(16)27/h5-12,16-18H,2-4,13-14H2,1H3,(H,25,28)(H,26,29)/t16-,17+,18?. The van der Waals surface area contributed by atoms with Crippen molar-refractivity contribution in [2.75, 3.05) is 17.7 Å². The van der Waals surface area contributed by atoms with Crippen LogP contribution in [0.1, 0.15) is 42.5 Å². The lowest BCUT2D eigenvalue weighted by molar-refractivity contribution is -0.136. The lowest BCUT2D eigenvalue weighted by Crippen LogP contribution is -2.40. The van der Waals surface area contributed by atoms with Crippen LogP contribution in [0.3, 0.4) is 0 Å². The van der Waals surface area contributed by atoms with E-state index in [1.165, 1.54) is 0 Å². The maximum absolute atomic E-state index is 12.7. The molecule has 0 aromatic heterocycles. The molecule has 0 spiro atoms. The van der Waals surface area contributed by atoms with Crippen LogP contribution in [0.15, 0.2) is 48.5 Å². The molecule has 0 radical (unpaired) electrons. The molecule has 2 aromatic carbocycles. The van der Waals surface area contributed by atoms with Crippen LogP contribution in [0.2, 0.25) is 0 Å². The second-order valence-corrected chi connectivity index (χ2v) is 8.14. The molecule has 4 rings (SSSR count). The van der Waals surface area contributed by atoms with E-state index in [1.54, 1.807) is 55.6 Å². The number of carbonyl (C=O) groups is 3. The molecule has 2 bridgehead atoms. The Morgan fingerprint density at radius 3 is 2.03 bits per heavy atom. The summed E-state index contributed by atoms with van der Waals surface area (Å²) in [5, 5.41) is 5.78. The van der Waals surface area contributed by atoms with E-state index in [0.717, 1.165) is 25.0 Å². The number of rotatable bonds is 5. The van der Waals surface area contributed by atoms with E-state index in [1.807, 2.05) is 0 Å². The Morgan fingerprint density at radius 1 is 0.867 bits per heavy atom. The summed E-state index contributed by atoms with van der Waals surface area (Å²) in [4.78, 5) is 37.4. The van der Waals surface area contributed by atoms with Gasteiger partial charge >= 0.3 is 0 Å². The number of benzene rings is 2. The monoisotopic (exact) mass is 406 g/mol. The highest BCUT2D eigenvalue weighted by Crippen LogP contribution is 2.40. The summed E-state index contributed by atoms with van der Waals surface area (Å²) in [6.45, 7) is 0. The Kier molecular flexibility index (Phi) is 5.84. The predicted molar refractivity (Wildman–Crippen MR) is 115 cm³/mol. The van der Waals surface area contributed by atoms with Crippen molar-refractivity contribution in [2.24, 2.45) is 17.8 Å². The molecular formula is C24H26N2O4. The number of anilines is 2. The lowest BCUT2D eigenvalue weighted by Gasteiger charge is -2.36. The summed E-state index contributed by atoms with van der Waals surface area (Å²) in [6, 6.07) is 13.9. The number of ether oxygens (including phenoxy) is 1. The average molecular weight is 406 g/mol. The van der Waals surface area contributed by atoms with Crippen molar-refractivity contribution in [3.8, 4) is 5.75 Å². The van der Waals surface area contributed by atoms with Crippen molar-refractivity contribution < 1.29 is 19.1 Å². The predicted octanol–water partition coefficient (Wildman–Crippen LogP) is 4.28. The molecule has 2 N–H and O–H groups in total. The van der Waals surface area contributed by atoms with Crippen LogP contribution in [-0.4, -0.2) is 24.7 Å². The van der Waals surface area contributed by atoms with Crippen LogP contribution >= 0.6 is 0 Å². The fraction of sp³-hybridized carbons (Fsp3) is 0.375. The molecule has 2 aliphatic carbocycles. The van der Waals surface area contributed by atoms with Gasteiger partial charge in [-0.15, -0.1) is 0 Å². The van der Waals surface area contributed by atoms with Gasteiger partial charge in [0.2, 0.25) is 5.91 Å². The van der Waals surface area contributed by atoms with Crippen molar-refractivity contribution in [1.29, 1.82) is 0 Å². The minimum atomic E-state index is -0.225. The van der Waals surface area contributed by atoms with Crippen LogP contribution in [0, 0.1) is 17.8 Å². The zero-order chi connectivity index (χ0) is 21.1. The number of amides is 2. The van der Waals surface area contributed by atoms with Crippen LogP contribution < -0.4 is 15.4 Å². The van der Waals surface area contributed by atoms with Gasteiger partial charge in [0.05, 0.1) is 7.11 Å². The van der Waals surface area contributed by atoms with E-state index in [2.05, 4.69) is 10.6 Å². The molecular weight excluding hydrogens is 380 g/mol. The zero-order valence-electron chi connectivity index (χ0n) is 17.0. The van der Waals surface area contributed by atoms with Gasteiger partial charge in [-0.1, -0.05) is 6.42 Å². The van der Waals surface area contributed by atoms with Gasteiger partial charge < -0.3 is 15.4 Å². The zero-order valence-corrected chi connectivity index (χ0v) is 17.0. The van der Waals surface area contributed by atoms with E-state index < -0.39 is 0 Å². The molecule has 2 saturated carbocycles. The number of Topliss-reactive ketones (excluding diaryl/α,β-unsaturated/α-hetero) is 1. The van der Waals surface area contributed by atoms with Gasteiger partial charge in [-0.05, 0) is 74.2 Å². The van der Waals surface area contributed by atoms with Crippen LogP contribution in [0.5, 0.6) is 5.75 Å². The number of fused-ring (bicyclic) bond motifs is 2. The third-order valence-electron chi connectivity index (χ3n) is 6.18. The Bertz CT molecular complexity index is 921. The lowest BCUT2D eigenvalue weighted by atomic mass is 9.67. The molecule has 1 unspecified atom stereocenters. The quantitative estimate of drug-likeness (QED) is 0.776. The highest BCUT2D eigenvalue weighted by atomic mass is 16.5. The highest BCUT2D eigenvalue weighted by molar-refractivity contribution is 6.04. The van der Waals surface area contributed by atoms with E-state index in [-0.39, 0.29) is 29.6 Å². The number of ketones is 1. The minimum absolute atomic E-state index is 0.0326. The highest BCUT2D eigenvalue weighted by Gasteiger charge is 2.41. The SMILES string of the molecule is COc1ccc(NC(=O)c2ccc(NC(=O)C3C[C@H]4CCC[C@@H](C3)C4=O)cc2)cc1. The third-order valence-corrected chi connectivity index (χ3v) is 6.18. The van der Waals surface area contributed by atoms with Gasteiger partial charge in [0.15, 0.2) is 0 Å². The Morgan fingerprint density at radius 2 is 1.43 bits per heavy atom. The van der Waals surface area contributed by atoms with Crippen LogP contribution in [-0.2, 0) is 9.59 Å². The second-order valence-electron chi connectivity index (χ2n) is 8.14. The summed E-state index contributed by atoms with van der Waals surface area (Å²) < 4.78 is 5.11. The van der Waals surface area contributed by atoms with E-state index in [9.17, 15) is 14.4 Å². The fourth-order valence-electron chi connectivity index (χ4n) is 4.52. The molecule has 2 aromatic rings. The van der Waals surface area contributed by atoms with Gasteiger partial charge in [-0.2, -0.15) is 0 Å². The number of nitrogens with one attached hydrogen (secondary N) is 2. The van der Waals surface area contributed by atoms with E-state index in [0.29, 0.717) is 35.6 Å². The van der Waals surface area contributed by atoms with Gasteiger partial charge in [-0.25, -0.2) is 0 Å². The summed E-state index contributed by atoms with van der Waals surface area (Å²) >= 11 is 0. The summed E-state index contributed by atoms with van der Waals surface area (Å²) in [5.41, 5.74) is 1.83. The average Bonchev–Trinajstić information content (AvgIpc) is 2.74. The molecule has 0 saturated heterocycles. The second kappa shape index (κ2) is 8.69. The van der Waals surface area contributed by atoms with Crippen molar-refractivity contribution in [1.82, 2.24) is 0 Å². The molecule has 156 valence electrons. The molecule has 6 nitrogen and oxygen atoms in total. The normalized spacial score (nSPS) is 22.8. The molecule has 2 amide bonds. The molecule has 2 aliphatic rings. The molecule has 6 heteroatoms. The minimum Gasteiger partial charge on any atom is -0.497 e. The van der Waals surface area contributed by atoms with E-state index >= 15 is 0 Å². The van der Waals surface area contributed by atoms with Crippen molar-refractivity contribution in [3.63, 3.8) is 0 Å². The molecule has 3 atom stereocenters. The molecule has 0 heterocycles. The maximum Gasteiger partial charge on any atom is 0.255 e. The largest absolute Gasteiger partial charge is 0.497 e. The van der Waals surface area contributed by atoms with Crippen LogP contribution in [0.4, 0.5) is 11.4 Å². The Balaban J connectivity index is 1.34. The number of hydrogen-bond donors (Lipinski definition) is 2. The molecule has 0 aliphatic heterocycles. The number of carbonyl (C=O) groups excluding carboxylic acids is 3. The number of methoxy groups -OCH3 is 1. The number of hydrogen-bond acceptors (Lipinski definition) is 4. The first kappa shape index (κ1) is 20.1. The van der Waals surface area contributed by atoms with E-state index in [4.69, 9.17) is 4.74 Å². The first-order chi connectivity index (χ1) is 14.5. The summed E-state index contributed by atoms with van der Waals surface area (Å²) in [6.07, 6.45) is 4.23. The van der Waals surface area contributed by atoms with Crippen molar-refractivity contribution in [3.05, 3.63) is 54.1 Å². The summed E-state index contributed by atoms with van der Waals surface area (Å²) in [7, 11) is 1.59. The van der Waals surface area contributed by atoms with Crippen molar-refractivity contribution in [2.45, 2.75) is 32.1 Å². The molecule has 2 fully saturated rings. The third kappa shape index (κ3) is 4.37. The first-order valence-corrected chi connectivity index (χ1v) is 10.4. The topological polar surface area (TPSA) is 84.5 Å². The fourth-order valence-corrected chi connectivity index (χ4v) is 4.52. The molecule has 30 heavy (non-hydrogen) atoms. The van der Waals surface area contributed by atoms with Gasteiger partial charge in [0.1, 0.15) is 11.5 Å². The maximum atomic E-state index is 12.7. The smallest absolute Gasteiger partial charge is 0.255 e. The van der Waals surface area contributed by atoms with Gasteiger partial charge in [0, 0.05) is 34.7 Å². The van der Waals surface area contributed by atoms with Crippen molar-refractivity contribution >= 4 is 29.0 Å². The van der Waals surface area contributed by atoms with Gasteiger partial charge in [-0.3, -0.25) is 14.4 Å². The summed E-state index contributed by atoms with van der Waals surface area (Å²) in [5.74, 6) is 0.814. The van der Waals surface area contributed by atoms with Crippen LogP contribution in [0.25, 0.3) is 0 Å². The Labute approximate surface area is 176 Å². The first-order valence-electron chi connectivity index (χ1n) is 10.4. The Hall–Kier alpha value is -3.15.